The molecule has 1 fully saturated rings. The van der Waals surface area contributed by atoms with Gasteiger partial charge in [-0.25, -0.2) is 4.39 Å². The number of rotatable bonds is 8. The van der Waals surface area contributed by atoms with Crippen LogP contribution in [0.15, 0.2) is 54.1 Å². The van der Waals surface area contributed by atoms with Crippen LogP contribution in [0.4, 0.5) is 10.1 Å². The number of amides is 1. The number of benzene rings is 2. The van der Waals surface area contributed by atoms with Gasteiger partial charge in [0.15, 0.2) is 0 Å². The van der Waals surface area contributed by atoms with Gasteiger partial charge in [-0.1, -0.05) is 18.2 Å². The van der Waals surface area contributed by atoms with Gasteiger partial charge >= 0.3 is 0 Å². The first kappa shape index (κ1) is 22.1. The van der Waals surface area contributed by atoms with Crippen LogP contribution >= 0.6 is 0 Å². The molecule has 0 saturated carbocycles. The van der Waals surface area contributed by atoms with Crippen LogP contribution in [0.25, 0.3) is 5.76 Å². The fourth-order valence-corrected chi connectivity index (χ4v) is 3.36. The van der Waals surface area contributed by atoms with Crippen molar-refractivity contribution in [2.24, 2.45) is 0 Å². The zero-order valence-corrected chi connectivity index (χ0v) is 16.2. The van der Waals surface area contributed by atoms with Gasteiger partial charge in [-0.05, 0) is 18.2 Å². The van der Waals surface area contributed by atoms with Crippen LogP contribution in [0.5, 0.6) is 0 Å². The molecule has 2 N–H and O–H groups in total. The van der Waals surface area contributed by atoms with E-state index in [-0.39, 0.29) is 48.8 Å². The van der Waals surface area contributed by atoms with Gasteiger partial charge < -0.3 is 19.8 Å². The predicted molar refractivity (Wildman–Crippen MR) is 106 cm³/mol. The molecule has 0 aliphatic carbocycles. The Morgan fingerprint density at radius 3 is 2.42 bits per heavy atom. The zero-order chi connectivity index (χ0) is 22.5. The number of carbonyl (C=O) groups excluding carboxylic acids is 2. The lowest BCUT2D eigenvalue weighted by Gasteiger charge is -2.25. The second-order valence-electron chi connectivity index (χ2n) is 6.65. The Morgan fingerprint density at radius 2 is 1.81 bits per heavy atom. The molecule has 0 aromatic heterocycles. The van der Waals surface area contributed by atoms with E-state index >= 15 is 0 Å². The maximum Gasteiger partial charge on any atom is 0.295 e. The highest BCUT2D eigenvalue weighted by Crippen LogP contribution is 2.40. The molecule has 2 aromatic carbocycles. The van der Waals surface area contributed by atoms with E-state index in [1.165, 1.54) is 36.4 Å². The number of nitro groups is 1. The van der Waals surface area contributed by atoms with Crippen molar-refractivity contribution in [2.45, 2.75) is 6.04 Å². The first-order chi connectivity index (χ1) is 14.9. The standard InChI is InChI=1S/C21H19FN2O7/c22-16-4-2-1-3-15(16)18-17(19(26)13-5-7-14(8-6-13)24(29)30)20(27)21(28)23(18)9-11-31-12-10-25/h1-8,18,25-26H,9-12H2/b19-17+/t18-/m1/s1. The summed E-state index contributed by atoms with van der Waals surface area (Å²) in [7, 11) is 0. The third kappa shape index (κ3) is 4.44. The Bertz CT molecular complexity index is 1040. The highest BCUT2D eigenvalue weighted by molar-refractivity contribution is 6.46. The van der Waals surface area contributed by atoms with E-state index in [2.05, 4.69) is 0 Å². The molecule has 1 aliphatic rings. The summed E-state index contributed by atoms with van der Waals surface area (Å²) in [6, 6.07) is 9.11. The van der Waals surface area contributed by atoms with Crippen molar-refractivity contribution >= 4 is 23.1 Å². The van der Waals surface area contributed by atoms with Gasteiger partial charge in [0.25, 0.3) is 17.4 Å². The summed E-state index contributed by atoms with van der Waals surface area (Å²) in [4.78, 5) is 36.8. The Hall–Kier alpha value is -3.63. The normalized spacial score (nSPS) is 17.9. The molecule has 10 heteroatoms. The number of halogens is 1. The van der Waals surface area contributed by atoms with Crippen molar-refractivity contribution in [1.29, 1.82) is 0 Å². The van der Waals surface area contributed by atoms with Crippen LogP contribution in [-0.2, 0) is 14.3 Å². The average molecular weight is 430 g/mol. The van der Waals surface area contributed by atoms with Crippen LogP contribution in [0.2, 0.25) is 0 Å². The molecule has 0 bridgehead atoms. The van der Waals surface area contributed by atoms with Crippen LogP contribution in [0.1, 0.15) is 17.2 Å². The molecule has 31 heavy (non-hydrogen) atoms. The smallest absolute Gasteiger partial charge is 0.295 e. The van der Waals surface area contributed by atoms with Gasteiger partial charge in [-0.2, -0.15) is 0 Å². The van der Waals surface area contributed by atoms with Gasteiger partial charge in [0.05, 0.1) is 36.4 Å². The maximum absolute atomic E-state index is 14.6. The SMILES string of the molecule is O=C1C(=O)N(CCOCCO)[C@H](c2ccccc2F)/C1=C(\O)c1ccc([N+](=O)[O-])cc1. The largest absolute Gasteiger partial charge is 0.507 e. The minimum atomic E-state index is -1.21. The van der Waals surface area contributed by atoms with Crippen molar-refractivity contribution in [1.82, 2.24) is 4.90 Å². The number of aliphatic hydroxyl groups is 2. The number of nitrogens with zero attached hydrogens (tertiary/aromatic N) is 2. The summed E-state index contributed by atoms with van der Waals surface area (Å²) < 4.78 is 19.8. The van der Waals surface area contributed by atoms with Gasteiger partial charge in [-0.3, -0.25) is 19.7 Å². The fourth-order valence-electron chi connectivity index (χ4n) is 3.36. The molecule has 3 rings (SSSR count). The van der Waals surface area contributed by atoms with E-state index in [0.29, 0.717) is 0 Å². The number of carbonyl (C=O) groups is 2. The third-order valence-corrected chi connectivity index (χ3v) is 4.80. The van der Waals surface area contributed by atoms with E-state index in [0.717, 1.165) is 17.0 Å². The summed E-state index contributed by atoms with van der Waals surface area (Å²) in [5.41, 5.74) is -0.469. The molecular formula is C21H19FN2O7. The van der Waals surface area contributed by atoms with Crippen molar-refractivity contribution in [2.75, 3.05) is 26.4 Å². The monoisotopic (exact) mass is 430 g/mol. The molecule has 9 nitrogen and oxygen atoms in total. The molecule has 0 unspecified atom stereocenters. The van der Waals surface area contributed by atoms with Crippen molar-refractivity contribution in [3.63, 3.8) is 0 Å². The molecule has 0 radical (unpaired) electrons. The number of likely N-dealkylation sites (tertiary alicyclic amines) is 1. The lowest BCUT2D eigenvalue weighted by Crippen LogP contribution is -2.33. The van der Waals surface area contributed by atoms with Crippen molar-refractivity contribution in [3.05, 3.63) is 81.2 Å². The van der Waals surface area contributed by atoms with E-state index in [1.54, 1.807) is 0 Å². The number of aliphatic hydroxyl groups excluding tert-OH is 2. The van der Waals surface area contributed by atoms with Crippen molar-refractivity contribution < 1.29 is 33.9 Å². The van der Waals surface area contributed by atoms with Gasteiger partial charge in [0.1, 0.15) is 11.6 Å². The first-order valence-electron chi connectivity index (χ1n) is 9.33. The maximum atomic E-state index is 14.6. The summed E-state index contributed by atoms with van der Waals surface area (Å²) in [6.45, 7) is -0.302. The highest BCUT2D eigenvalue weighted by Gasteiger charge is 2.46. The minimum Gasteiger partial charge on any atom is -0.507 e. The van der Waals surface area contributed by atoms with E-state index in [1.807, 2.05) is 0 Å². The summed E-state index contributed by atoms with van der Waals surface area (Å²) in [5.74, 6) is -3.19. The summed E-state index contributed by atoms with van der Waals surface area (Å²) in [5, 5.41) is 30.5. The van der Waals surface area contributed by atoms with Gasteiger partial charge in [0, 0.05) is 29.8 Å². The lowest BCUT2D eigenvalue weighted by atomic mass is 9.95. The van der Waals surface area contributed by atoms with E-state index in [9.17, 15) is 29.2 Å². The van der Waals surface area contributed by atoms with Crippen LogP contribution in [0, 0.1) is 15.9 Å². The predicted octanol–water partition coefficient (Wildman–Crippen LogP) is 2.16. The molecule has 2 aromatic rings. The number of ketones is 1. The Labute approximate surface area is 176 Å². The van der Waals surface area contributed by atoms with Crippen LogP contribution < -0.4 is 0 Å². The summed E-state index contributed by atoms with van der Waals surface area (Å²) in [6.07, 6.45) is 0. The van der Waals surface area contributed by atoms with E-state index < -0.39 is 34.2 Å². The minimum absolute atomic E-state index is 0.00678. The fraction of sp³-hybridized carbons (Fsp3) is 0.238. The Kier molecular flexibility index (Phi) is 6.73. The Morgan fingerprint density at radius 1 is 1.13 bits per heavy atom. The number of Topliss-reactive ketones (excluding diaryl/α,β-unsaturated/α-hetero) is 1. The van der Waals surface area contributed by atoms with Crippen molar-refractivity contribution in [3.8, 4) is 0 Å². The van der Waals surface area contributed by atoms with Crippen LogP contribution in [0.3, 0.4) is 0 Å². The molecule has 1 aliphatic heterocycles. The topological polar surface area (TPSA) is 130 Å². The number of non-ortho nitro benzene ring substituents is 1. The van der Waals surface area contributed by atoms with Crippen LogP contribution in [-0.4, -0.2) is 58.1 Å². The third-order valence-electron chi connectivity index (χ3n) is 4.80. The molecule has 1 amide bonds. The number of hydrogen-bond acceptors (Lipinski definition) is 7. The molecule has 162 valence electrons. The molecule has 1 heterocycles. The molecular weight excluding hydrogens is 411 g/mol. The molecule has 1 atom stereocenters. The number of ether oxygens (including phenoxy) is 1. The Balaban J connectivity index is 2.08. The highest BCUT2D eigenvalue weighted by atomic mass is 19.1. The average Bonchev–Trinajstić information content (AvgIpc) is 3.01. The lowest BCUT2D eigenvalue weighted by molar-refractivity contribution is -0.384. The number of nitro benzene ring substituents is 1. The zero-order valence-electron chi connectivity index (χ0n) is 16.2. The summed E-state index contributed by atoms with van der Waals surface area (Å²) >= 11 is 0. The molecule has 0 spiro atoms. The quantitative estimate of drug-likeness (QED) is 0.164. The van der Waals surface area contributed by atoms with Gasteiger partial charge in [-0.15, -0.1) is 0 Å². The number of hydrogen-bond donors (Lipinski definition) is 2. The second-order valence-corrected chi connectivity index (χ2v) is 6.65. The molecule has 1 saturated heterocycles. The van der Waals surface area contributed by atoms with Gasteiger partial charge in [0.2, 0.25) is 0 Å². The second kappa shape index (κ2) is 9.45. The first-order valence-corrected chi connectivity index (χ1v) is 9.33. The van der Waals surface area contributed by atoms with E-state index in [4.69, 9.17) is 9.84 Å².